The molecule has 0 radical (unpaired) electrons. The van der Waals surface area contributed by atoms with Gasteiger partial charge in [-0.2, -0.15) is 4.31 Å². The lowest BCUT2D eigenvalue weighted by Crippen LogP contribution is -2.47. The Balaban J connectivity index is 3.26. The Hall–Kier alpha value is -0.980. The summed E-state index contributed by atoms with van der Waals surface area (Å²) in [5.74, 6) is -0.564. The topological polar surface area (TPSA) is 57.6 Å². The minimum atomic E-state index is -3.81. The van der Waals surface area contributed by atoms with Crippen molar-refractivity contribution in [2.45, 2.75) is 31.2 Å². The van der Waals surface area contributed by atoms with Crippen LogP contribution in [0.4, 0.5) is 4.39 Å². The van der Waals surface area contributed by atoms with Gasteiger partial charge in [0.2, 0.25) is 10.0 Å². The van der Waals surface area contributed by atoms with E-state index in [1.165, 1.54) is 19.2 Å². The van der Waals surface area contributed by atoms with Crippen molar-refractivity contribution in [1.29, 1.82) is 0 Å². The van der Waals surface area contributed by atoms with Gasteiger partial charge < -0.3 is 5.11 Å². The highest BCUT2D eigenvalue weighted by atomic mass is 32.2. The van der Waals surface area contributed by atoms with Crippen molar-refractivity contribution in [3.63, 3.8) is 0 Å². The van der Waals surface area contributed by atoms with Gasteiger partial charge in [0.15, 0.2) is 0 Å². The molecule has 0 aliphatic heterocycles. The van der Waals surface area contributed by atoms with Gasteiger partial charge in [-0.3, -0.25) is 0 Å². The first-order chi connectivity index (χ1) is 8.13. The van der Waals surface area contributed by atoms with E-state index in [2.05, 4.69) is 0 Å². The third kappa shape index (κ3) is 2.71. The highest BCUT2D eigenvalue weighted by molar-refractivity contribution is 7.89. The van der Waals surface area contributed by atoms with Crippen LogP contribution in [0.3, 0.4) is 0 Å². The van der Waals surface area contributed by atoms with E-state index < -0.39 is 21.4 Å². The van der Waals surface area contributed by atoms with E-state index >= 15 is 0 Å². The molecule has 0 aliphatic rings. The Bertz CT molecular complexity index is 540. The molecule has 0 atom stereocenters. The summed E-state index contributed by atoms with van der Waals surface area (Å²) in [6, 6.07) is 3.77. The third-order valence-electron chi connectivity index (χ3n) is 3.04. The number of aryl methyl sites for hydroxylation is 1. The quantitative estimate of drug-likeness (QED) is 0.906. The number of hydrogen-bond donors (Lipinski definition) is 1. The molecule has 0 aromatic heterocycles. The number of benzene rings is 1. The molecule has 1 aromatic rings. The fraction of sp³-hybridized carbons (Fsp3) is 0.500. The van der Waals surface area contributed by atoms with Gasteiger partial charge in [-0.15, -0.1) is 0 Å². The zero-order chi connectivity index (χ0) is 14.1. The SMILES string of the molecule is Cc1ccc(S(=O)(=O)N(C)C(C)(C)CO)cc1F. The molecule has 0 unspecified atom stereocenters. The lowest BCUT2D eigenvalue weighted by molar-refractivity contribution is 0.138. The van der Waals surface area contributed by atoms with Gasteiger partial charge >= 0.3 is 0 Å². The molecular weight excluding hydrogens is 257 g/mol. The molecule has 0 saturated heterocycles. The zero-order valence-corrected chi connectivity index (χ0v) is 11.8. The molecule has 4 nitrogen and oxygen atoms in total. The van der Waals surface area contributed by atoms with E-state index in [0.717, 1.165) is 10.4 Å². The number of aliphatic hydroxyl groups is 1. The Morgan fingerprint density at radius 3 is 2.39 bits per heavy atom. The summed E-state index contributed by atoms with van der Waals surface area (Å²) in [4.78, 5) is -0.116. The van der Waals surface area contributed by atoms with Crippen LogP contribution in [0.15, 0.2) is 23.1 Å². The molecule has 0 bridgehead atoms. The summed E-state index contributed by atoms with van der Waals surface area (Å²) in [7, 11) is -2.45. The largest absolute Gasteiger partial charge is 0.394 e. The summed E-state index contributed by atoms with van der Waals surface area (Å²) in [5.41, 5.74) is -0.557. The standard InChI is InChI=1S/C12H18FNO3S/c1-9-5-6-10(7-11(9)13)18(16,17)14(4)12(2,3)8-15/h5-7,15H,8H2,1-4H3. The number of halogens is 1. The molecule has 0 spiro atoms. The number of aliphatic hydroxyl groups excluding tert-OH is 1. The van der Waals surface area contributed by atoms with E-state index in [-0.39, 0.29) is 11.5 Å². The molecular formula is C12H18FNO3S. The predicted octanol–water partition coefficient (Wildman–Crippen LogP) is 1.53. The first kappa shape index (κ1) is 15.1. The summed E-state index contributed by atoms with van der Waals surface area (Å²) >= 11 is 0. The van der Waals surface area contributed by atoms with Crippen molar-refractivity contribution >= 4 is 10.0 Å². The minimum Gasteiger partial charge on any atom is -0.394 e. The predicted molar refractivity (Wildman–Crippen MR) is 67.3 cm³/mol. The van der Waals surface area contributed by atoms with Gasteiger partial charge in [-0.25, -0.2) is 12.8 Å². The lowest BCUT2D eigenvalue weighted by Gasteiger charge is -2.32. The minimum absolute atomic E-state index is 0.116. The maximum atomic E-state index is 13.4. The molecule has 0 heterocycles. The number of hydrogen-bond acceptors (Lipinski definition) is 3. The lowest BCUT2D eigenvalue weighted by atomic mass is 10.1. The van der Waals surface area contributed by atoms with Crippen molar-refractivity contribution in [3.8, 4) is 0 Å². The zero-order valence-electron chi connectivity index (χ0n) is 10.9. The van der Waals surface area contributed by atoms with Gasteiger partial charge in [0.05, 0.1) is 17.0 Å². The third-order valence-corrected chi connectivity index (χ3v) is 5.11. The van der Waals surface area contributed by atoms with Crippen molar-refractivity contribution in [2.24, 2.45) is 0 Å². The van der Waals surface area contributed by atoms with Crippen molar-refractivity contribution < 1.29 is 17.9 Å². The second kappa shape index (κ2) is 4.95. The normalized spacial score (nSPS) is 13.1. The van der Waals surface area contributed by atoms with Crippen LogP contribution in [0.25, 0.3) is 0 Å². The molecule has 1 rings (SSSR count). The molecule has 1 aromatic carbocycles. The Morgan fingerprint density at radius 2 is 1.94 bits per heavy atom. The van der Waals surface area contributed by atoms with E-state index in [4.69, 9.17) is 0 Å². The van der Waals surface area contributed by atoms with Crippen LogP contribution in [-0.4, -0.2) is 37.0 Å². The molecule has 1 N–H and O–H groups in total. The van der Waals surface area contributed by atoms with E-state index in [1.807, 2.05) is 0 Å². The van der Waals surface area contributed by atoms with Gasteiger partial charge in [0.1, 0.15) is 5.82 Å². The monoisotopic (exact) mass is 275 g/mol. The van der Waals surface area contributed by atoms with E-state index in [0.29, 0.717) is 5.56 Å². The molecule has 0 aliphatic carbocycles. The fourth-order valence-electron chi connectivity index (χ4n) is 1.32. The number of likely N-dealkylation sites (N-methyl/N-ethyl adjacent to an activating group) is 1. The van der Waals surface area contributed by atoms with Crippen LogP contribution >= 0.6 is 0 Å². The molecule has 0 fully saturated rings. The number of sulfonamides is 1. The first-order valence-electron chi connectivity index (χ1n) is 5.49. The summed E-state index contributed by atoms with van der Waals surface area (Å²) < 4.78 is 39.0. The Morgan fingerprint density at radius 1 is 1.39 bits per heavy atom. The molecule has 6 heteroatoms. The van der Waals surface area contributed by atoms with Gasteiger partial charge in [-0.1, -0.05) is 6.07 Å². The average molecular weight is 275 g/mol. The van der Waals surface area contributed by atoms with Gasteiger partial charge in [-0.05, 0) is 38.5 Å². The second-order valence-corrected chi connectivity index (χ2v) is 6.82. The van der Waals surface area contributed by atoms with Crippen LogP contribution in [0.2, 0.25) is 0 Å². The van der Waals surface area contributed by atoms with Crippen molar-refractivity contribution in [1.82, 2.24) is 4.31 Å². The van der Waals surface area contributed by atoms with Crippen LogP contribution in [0, 0.1) is 12.7 Å². The Kier molecular flexibility index (Phi) is 4.15. The number of rotatable bonds is 4. The first-order valence-corrected chi connectivity index (χ1v) is 6.93. The molecule has 0 saturated carbocycles. The van der Waals surface area contributed by atoms with Crippen molar-refractivity contribution in [3.05, 3.63) is 29.6 Å². The maximum absolute atomic E-state index is 13.4. The van der Waals surface area contributed by atoms with E-state index in [9.17, 15) is 17.9 Å². The average Bonchev–Trinajstić information content (AvgIpc) is 2.31. The Labute approximate surface area is 107 Å². The van der Waals surface area contributed by atoms with Crippen molar-refractivity contribution in [2.75, 3.05) is 13.7 Å². The van der Waals surface area contributed by atoms with Gasteiger partial charge in [0, 0.05) is 7.05 Å². The van der Waals surface area contributed by atoms with Crippen LogP contribution < -0.4 is 0 Å². The summed E-state index contributed by atoms with van der Waals surface area (Å²) in [5, 5.41) is 9.19. The molecule has 18 heavy (non-hydrogen) atoms. The fourth-order valence-corrected chi connectivity index (χ4v) is 2.83. The number of nitrogens with zero attached hydrogens (tertiary/aromatic N) is 1. The maximum Gasteiger partial charge on any atom is 0.243 e. The van der Waals surface area contributed by atoms with Crippen LogP contribution in [0.1, 0.15) is 19.4 Å². The van der Waals surface area contributed by atoms with Crippen LogP contribution in [0.5, 0.6) is 0 Å². The summed E-state index contributed by atoms with van der Waals surface area (Å²) in [6.07, 6.45) is 0. The molecule has 0 amide bonds. The molecule has 102 valence electrons. The van der Waals surface area contributed by atoms with E-state index in [1.54, 1.807) is 20.8 Å². The van der Waals surface area contributed by atoms with Gasteiger partial charge in [0.25, 0.3) is 0 Å². The second-order valence-electron chi connectivity index (χ2n) is 4.85. The highest BCUT2D eigenvalue weighted by Crippen LogP contribution is 2.23. The smallest absolute Gasteiger partial charge is 0.243 e. The van der Waals surface area contributed by atoms with Crippen LogP contribution in [-0.2, 0) is 10.0 Å². The summed E-state index contributed by atoms with van der Waals surface area (Å²) in [6.45, 7) is 4.42. The highest BCUT2D eigenvalue weighted by Gasteiger charge is 2.33.